The minimum atomic E-state index is -0.834. The van der Waals surface area contributed by atoms with Gasteiger partial charge in [0.15, 0.2) is 0 Å². The molecule has 1 aromatic carbocycles. The van der Waals surface area contributed by atoms with Gasteiger partial charge in [-0.05, 0) is 31.5 Å². The van der Waals surface area contributed by atoms with E-state index in [4.69, 9.17) is 32.7 Å². The zero-order valence-corrected chi connectivity index (χ0v) is 13.9. The van der Waals surface area contributed by atoms with Crippen LogP contribution in [0.25, 0.3) is 0 Å². The molecule has 1 heterocycles. The van der Waals surface area contributed by atoms with Crippen LogP contribution in [0.2, 0.25) is 10.0 Å². The second-order valence-electron chi connectivity index (χ2n) is 5.50. The summed E-state index contributed by atoms with van der Waals surface area (Å²) in [6.07, 6.45) is -0.204. The fourth-order valence-corrected chi connectivity index (χ4v) is 2.52. The highest BCUT2D eigenvalue weighted by Crippen LogP contribution is 2.29. The molecule has 1 amide bonds. The van der Waals surface area contributed by atoms with Gasteiger partial charge in [-0.2, -0.15) is 0 Å². The molecule has 1 aliphatic rings. The SMILES string of the molecule is COC(C)(C)C(=O)N1CCO[C@@H](c2ccc(Cl)c(Cl)c2)C1. The summed E-state index contributed by atoms with van der Waals surface area (Å²) in [4.78, 5) is 14.2. The molecule has 116 valence electrons. The number of hydrogen-bond acceptors (Lipinski definition) is 3. The number of ether oxygens (including phenoxy) is 2. The van der Waals surface area contributed by atoms with Gasteiger partial charge in [0, 0.05) is 13.7 Å². The van der Waals surface area contributed by atoms with Crippen molar-refractivity contribution in [3.8, 4) is 0 Å². The van der Waals surface area contributed by atoms with Gasteiger partial charge in [0.25, 0.3) is 5.91 Å². The molecule has 1 fully saturated rings. The highest BCUT2D eigenvalue weighted by molar-refractivity contribution is 6.42. The Balaban J connectivity index is 2.14. The second kappa shape index (κ2) is 6.53. The van der Waals surface area contributed by atoms with Crippen LogP contribution in [0.1, 0.15) is 25.5 Å². The zero-order chi connectivity index (χ0) is 15.6. The molecular formula is C15H19Cl2NO3. The first-order valence-electron chi connectivity index (χ1n) is 6.76. The number of amides is 1. The lowest BCUT2D eigenvalue weighted by molar-refractivity contribution is -0.158. The number of benzene rings is 1. The number of hydrogen-bond donors (Lipinski definition) is 0. The van der Waals surface area contributed by atoms with Gasteiger partial charge in [-0.25, -0.2) is 0 Å². The Morgan fingerprint density at radius 2 is 2.10 bits per heavy atom. The van der Waals surface area contributed by atoms with E-state index in [1.165, 1.54) is 7.11 Å². The first-order valence-corrected chi connectivity index (χ1v) is 7.52. The third-order valence-corrected chi connectivity index (χ3v) is 4.43. The van der Waals surface area contributed by atoms with Crippen molar-refractivity contribution in [1.29, 1.82) is 0 Å². The number of methoxy groups -OCH3 is 1. The number of morpholine rings is 1. The summed E-state index contributed by atoms with van der Waals surface area (Å²) >= 11 is 12.0. The van der Waals surface area contributed by atoms with Crippen LogP contribution in [-0.2, 0) is 14.3 Å². The molecule has 0 radical (unpaired) electrons. The van der Waals surface area contributed by atoms with E-state index in [9.17, 15) is 4.79 Å². The summed E-state index contributed by atoms with van der Waals surface area (Å²) in [5.74, 6) is -0.0432. The van der Waals surface area contributed by atoms with Crippen molar-refractivity contribution < 1.29 is 14.3 Å². The Hall–Kier alpha value is -0.810. The van der Waals surface area contributed by atoms with Crippen LogP contribution in [0.15, 0.2) is 18.2 Å². The normalized spacial score (nSPS) is 19.7. The topological polar surface area (TPSA) is 38.8 Å². The Kier molecular flexibility index (Phi) is 5.15. The first kappa shape index (κ1) is 16.6. The minimum Gasteiger partial charge on any atom is -0.370 e. The molecule has 0 N–H and O–H groups in total. The fourth-order valence-electron chi connectivity index (χ4n) is 2.22. The summed E-state index contributed by atoms with van der Waals surface area (Å²) < 4.78 is 11.0. The van der Waals surface area contributed by atoms with Crippen molar-refractivity contribution >= 4 is 29.1 Å². The van der Waals surface area contributed by atoms with Crippen molar-refractivity contribution in [3.05, 3.63) is 33.8 Å². The number of carbonyl (C=O) groups is 1. The van der Waals surface area contributed by atoms with Crippen LogP contribution in [0.4, 0.5) is 0 Å². The van der Waals surface area contributed by atoms with E-state index >= 15 is 0 Å². The van der Waals surface area contributed by atoms with Gasteiger partial charge in [-0.1, -0.05) is 29.3 Å². The summed E-state index contributed by atoms with van der Waals surface area (Å²) in [7, 11) is 1.54. The maximum Gasteiger partial charge on any atom is 0.254 e. The lowest BCUT2D eigenvalue weighted by Crippen LogP contribution is -2.51. The van der Waals surface area contributed by atoms with Gasteiger partial charge in [-0.15, -0.1) is 0 Å². The molecule has 0 saturated carbocycles. The molecule has 2 rings (SSSR count). The van der Waals surface area contributed by atoms with E-state index < -0.39 is 5.60 Å². The molecule has 0 bridgehead atoms. The van der Waals surface area contributed by atoms with Crippen LogP contribution in [0.3, 0.4) is 0 Å². The van der Waals surface area contributed by atoms with E-state index in [0.717, 1.165) is 5.56 Å². The van der Waals surface area contributed by atoms with Crippen molar-refractivity contribution in [1.82, 2.24) is 4.90 Å². The molecule has 0 spiro atoms. The van der Waals surface area contributed by atoms with Crippen molar-refractivity contribution in [2.24, 2.45) is 0 Å². The molecule has 21 heavy (non-hydrogen) atoms. The van der Waals surface area contributed by atoms with Crippen molar-refractivity contribution in [2.45, 2.75) is 25.6 Å². The second-order valence-corrected chi connectivity index (χ2v) is 6.31. The predicted octanol–water partition coefficient (Wildman–Crippen LogP) is 3.32. The molecule has 0 aromatic heterocycles. The van der Waals surface area contributed by atoms with E-state index in [1.54, 1.807) is 30.9 Å². The standard InChI is InChI=1S/C15H19Cl2NO3/c1-15(2,20-3)14(19)18-6-7-21-13(9-18)10-4-5-11(16)12(17)8-10/h4-5,8,13H,6-7,9H2,1-3H3/t13-/m1/s1. The third-order valence-electron chi connectivity index (χ3n) is 3.69. The van der Waals surface area contributed by atoms with Crippen LogP contribution >= 0.6 is 23.2 Å². The number of halogens is 2. The first-order chi connectivity index (χ1) is 9.85. The third kappa shape index (κ3) is 3.69. The largest absolute Gasteiger partial charge is 0.370 e. The van der Waals surface area contributed by atoms with E-state index in [1.807, 2.05) is 6.07 Å². The van der Waals surface area contributed by atoms with Gasteiger partial charge in [0.05, 0.1) is 23.2 Å². The summed E-state index contributed by atoms with van der Waals surface area (Å²) in [5, 5.41) is 0.989. The highest BCUT2D eigenvalue weighted by Gasteiger charge is 2.35. The zero-order valence-electron chi connectivity index (χ0n) is 12.4. The van der Waals surface area contributed by atoms with Crippen LogP contribution in [0.5, 0.6) is 0 Å². The van der Waals surface area contributed by atoms with Crippen LogP contribution < -0.4 is 0 Å². The number of carbonyl (C=O) groups excluding carboxylic acids is 1. The van der Waals surface area contributed by atoms with Gasteiger partial charge in [0.1, 0.15) is 11.7 Å². The Bertz CT molecular complexity index is 534. The molecular weight excluding hydrogens is 313 g/mol. The maximum atomic E-state index is 12.4. The Morgan fingerprint density at radius 1 is 1.38 bits per heavy atom. The van der Waals surface area contributed by atoms with Crippen LogP contribution in [0, 0.1) is 0 Å². The molecule has 1 atom stereocenters. The summed E-state index contributed by atoms with van der Waals surface area (Å²) in [6, 6.07) is 5.39. The summed E-state index contributed by atoms with van der Waals surface area (Å²) in [5.41, 5.74) is 0.0802. The maximum absolute atomic E-state index is 12.4. The van der Waals surface area contributed by atoms with Gasteiger partial charge < -0.3 is 14.4 Å². The number of nitrogens with zero attached hydrogens (tertiary/aromatic N) is 1. The van der Waals surface area contributed by atoms with E-state index in [-0.39, 0.29) is 12.0 Å². The van der Waals surface area contributed by atoms with E-state index in [0.29, 0.717) is 29.7 Å². The average Bonchev–Trinajstić information content (AvgIpc) is 2.49. The van der Waals surface area contributed by atoms with Crippen LogP contribution in [-0.4, -0.2) is 43.2 Å². The van der Waals surface area contributed by atoms with Crippen molar-refractivity contribution in [3.63, 3.8) is 0 Å². The molecule has 6 heteroatoms. The molecule has 0 aliphatic carbocycles. The quantitative estimate of drug-likeness (QED) is 0.852. The average molecular weight is 332 g/mol. The van der Waals surface area contributed by atoms with Gasteiger partial charge >= 0.3 is 0 Å². The monoisotopic (exact) mass is 331 g/mol. The molecule has 1 aliphatic heterocycles. The molecule has 1 aromatic rings. The minimum absolute atomic E-state index is 0.0432. The van der Waals surface area contributed by atoms with Crippen molar-refractivity contribution in [2.75, 3.05) is 26.8 Å². The molecule has 0 unspecified atom stereocenters. The highest BCUT2D eigenvalue weighted by atomic mass is 35.5. The van der Waals surface area contributed by atoms with Gasteiger partial charge in [-0.3, -0.25) is 4.79 Å². The molecule has 1 saturated heterocycles. The lowest BCUT2D eigenvalue weighted by atomic mass is 10.0. The van der Waals surface area contributed by atoms with Gasteiger partial charge in [0.2, 0.25) is 0 Å². The van der Waals surface area contributed by atoms with E-state index in [2.05, 4.69) is 0 Å². The Morgan fingerprint density at radius 3 is 2.71 bits per heavy atom. The fraction of sp³-hybridized carbons (Fsp3) is 0.533. The molecule has 4 nitrogen and oxygen atoms in total. The summed E-state index contributed by atoms with van der Waals surface area (Å²) in [6.45, 7) is 5.04. The lowest BCUT2D eigenvalue weighted by Gasteiger charge is -2.37. The Labute approximate surface area is 134 Å². The number of rotatable bonds is 3. The predicted molar refractivity (Wildman–Crippen MR) is 82.8 cm³/mol. The smallest absolute Gasteiger partial charge is 0.254 e.